The Morgan fingerprint density at radius 1 is 0.884 bits per heavy atom. The van der Waals surface area contributed by atoms with Gasteiger partial charge in [0, 0.05) is 10.6 Å². The maximum atomic E-state index is 12.9. The number of nitrogens with one attached hydrogen (secondary N) is 2. The minimum Gasteiger partial charge on any atom is -0.490 e. The van der Waals surface area contributed by atoms with Crippen LogP contribution in [0.5, 0.6) is 17.2 Å². The van der Waals surface area contributed by atoms with Crippen molar-refractivity contribution in [2.24, 2.45) is 5.10 Å². The van der Waals surface area contributed by atoms with E-state index in [1.807, 2.05) is 38.1 Å². The van der Waals surface area contributed by atoms with Crippen molar-refractivity contribution in [3.8, 4) is 17.2 Å². The molecule has 0 atom stereocenters. The first-order valence-electron chi connectivity index (χ1n) is 13.1. The van der Waals surface area contributed by atoms with Gasteiger partial charge in [-0.15, -0.1) is 0 Å². The summed E-state index contributed by atoms with van der Waals surface area (Å²) in [4.78, 5) is 12.6. The Hall–Kier alpha value is -4.25. The van der Waals surface area contributed by atoms with Crippen LogP contribution in [0.25, 0.3) is 0 Å². The zero-order chi connectivity index (χ0) is 30.8. The van der Waals surface area contributed by atoms with Crippen LogP contribution in [0, 0.1) is 6.92 Å². The van der Waals surface area contributed by atoms with Crippen LogP contribution in [0.3, 0.4) is 0 Å². The maximum Gasteiger partial charge on any atom is 0.271 e. The van der Waals surface area contributed by atoms with Gasteiger partial charge in [-0.25, -0.2) is 13.8 Å². The fourth-order valence-corrected chi connectivity index (χ4v) is 5.33. The molecule has 2 N–H and O–H groups in total. The molecule has 4 aromatic rings. The number of aryl methyl sites for hydroxylation is 1. The van der Waals surface area contributed by atoms with E-state index in [9.17, 15) is 13.2 Å². The number of hydrogen-bond donors (Lipinski definition) is 2. The molecule has 0 aromatic heterocycles. The molecule has 43 heavy (non-hydrogen) atoms. The van der Waals surface area contributed by atoms with E-state index in [2.05, 4.69) is 15.2 Å². The van der Waals surface area contributed by atoms with Gasteiger partial charge < -0.3 is 14.2 Å². The lowest BCUT2D eigenvalue weighted by Gasteiger charge is -2.13. The molecule has 0 saturated carbocycles. The Morgan fingerprint density at radius 3 is 2.47 bits per heavy atom. The first-order valence-corrected chi connectivity index (χ1v) is 15.4. The average molecular weight is 643 g/mol. The summed E-state index contributed by atoms with van der Waals surface area (Å²) < 4.78 is 45.5. The molecule has 4 rings (SSSR count). The van der Waals surface area contributed by atoms with Gasteiger partial charge in [-0.1, -0.05) is 41.4 Å². The number of halogens is 2. The zero-order valence-electron chi connectivity index (χ0n) is 23.3. The molecule has 0 aliphatic rings. The van der Waals surface area contributed by atoms with E-state index in [1.165, 1.54) is 48.7 Å². The van der Waals surface area contributed by atoms with Gasteiger partial charge in [-0.2, -0.15) is 5.10 Å². The number of benzene rings is 4. The van der Waals surface area contributed by atoms with E-state index < -0.39 is 15.9 Å². The molecule has 12 heteroatoms. The second kappa shape index (κ2) is 14.8. The Bertz CT molecular complexity index is 1730. The number of carbonyl (C=O) groups is 1. The van der Waals surface area contributed by atoms with E-state index in [0.29, 0.717) is 41.9 Å². The van der Waals surface area contributed by atoms with E-state index in [-0.39, 0.29) is 21.2 Å². The van der Waals surface area contributed by atoms with Crippen LogP contribution in [0.2, 0.25) is 10.0 Å². The summed E-state index contributed by atoms with van der Waals surface area (Å²) in [6, 6.07) is 22.9. The third-order valence-corrected chi connectivity index (χ3v) is 7.75. The highest BCUT2D eigenvalue weighted by atomic mass is 35.5. The Labute approximate surface area is 260 Å². The molecule has 0 heterocycles. The number of ether oxygens (including phenoxy) is 3. The number of hydrogen-bond acceptors (Lipinski definition) is 7. The van der Waals surface area contributed by atoms with Crippen LogP contribution in [-0.2, 0) is 10.0 Å². The minimum atomic E-state index is -4.06. The molecule has 4 aromatic carbocycles. The number of amides is 1. The average Bonchev–Trinajstić information content (AvgIpc) is 2.98. The fourth-order valence-electron chi connectivity index (χ4n) is 3.82. The van der Waals surface area contributed by atoms with Gasteiger partial charge in [-0.3, -0.25) is 9.52 Å². The highest BCUT2D eigenvalue weighted by Crippen LogP contribution is 2.29. The van der Waals surface area contributed by atoms with Crippen LogP contribution in [0.15, 0.2) is 94.9 Å². The van der Waals surface area contributed by atoms with Crippen LogP contribution < -0.4 is 24.4 Å². The molecule has 224 valence electrons. The topological polar surface area (TPSA) is 115 Å². The van der Waals surface area contributed by atoms with E-state index in [0.717, 1.165) is 11.3 Å². The lowest BCUT2D eigenvalue weighted by atomic mass is 10.2. The van der Waals surface area contributed by atoms with Gasteiger partial charge in [-0.05, 0) is 91.7 Å². The van der Waals surface area contributed by atoms with Gasteiger partial charge >= 0.3 is 0 Å². The summed E-state index contributed by atoms with van der Waals surface area (Å²) in [5, 5.41) is 4.50. The van der Waals surface area contributed by atoms with Crippen molar-refractivity contribution in [2.75, 3.05) is 24.5 Å². The number of hydrazone groups is 1. The van der Waals surface area contributed by atoms with Gasteiger partial charge in [0.25, 0.3) is 15.9 Å². The predicted octanol–water partition coefficient (Wildman–Crippen LogP) is 6.72. The molecule has 0 bridgehead atoms. The Morgan fingerprint density at radius 2 is 1.67 bits per heavy atom. The second-order valence-corrected chi connectivity index (χ2v) is 11.6. The first kappa shape index (κ1) is 31.7. The van der Waals surface area contributed by atoms with Crippen molar-refractivity contribution < 1.29 is 27.4 Å². The monoisotopic (exact) mass is 641 g/mol. The van der Waals surface area contributed by atoms with E-state index in [4.69, 9.17) is 37.4 Å². The van der Waals surface area contributed by atoms with Gasteiger partial charge in [0.15, 0.2) is 11.5 Å². The quantitative estimate of drug-likeness (QED) is 0.0951. The third-order valence-electron chi connectivity index (χ3n) is 5.83. The van der Waals surface area contributed by atoms with Crippen LogP contribution in [-0.4, -0.2) is 40.4 Å². The molecule has 0 fully saturated rings. The van der Waals surface area contributed by atoms with Crippen molar-refractivity contribution in [3.05, 3.63) is 112 Å². The molecular formula is C31H29Cl2N3O6S. The van der Waals surface area contributed by atoms with E-state index >= 15 is 0 Å². The van der Waals surface area contributed by atoms with Crippen molar-refractivity contribution in [3.63, 3.8) is 0 Å². The molecule has 9 nitrogen and oxygen atoms in total. The van der Waals surface area contributed by atoms with Crippen LogP contribution in [0.4, 0.5) is 5.69 Å². The summed E-state index contributed by atoms with van der Waals surface area (Å²) in [6.45, 7) is 4.95. The lowest BCUT2D eigenvalue weighted by Crippen LogP contribution is -2.19. The summed E-state index contributed by atoms with van der Waals surface area (Å²) in [7, 11) is -4.06. The summed E-state index contributed by atoms with van der Waals surface area (Å²) in [5.41, 5.74) is 4.37. The highest BCUT2D eigenvalue weighted by molar-refractivity contribution is 7.92. The summed E-state index contributed by atoms with van der Waals surface area (Å²) in [6.07, 6.45) is 1.44. The van der Waals surface area contributed by atoms with Crippen LogP contribution >= 0.6 is 23.2 Å². The smallest absolute Gasteiger partial charge is 0.271 e. The fraction of sp³-hybridized carbons (Fsp3) is 0.161. The molecule has 0 unspecified atom stereocenters. The van der Waals surface area contributed by atoms with Gasteiger partial charge in [0.2, 0.25) is 0 Å². The predicted molar refractivity (Wildman–Crippen MR) is 169 cm³/mol. The normalized spacial score (nSPS) is 11.3. The molecule has 0 aliphatic heterocycles. The number of anilines is 1. The number of nitrogens with zero attached hydrogens (tertiary/aromatic N) is 1. The molecule has 0 spiro atoms. The standard InChI is InChI=1S/C31H29Cl2N3O6S/c1-3-40-30-17-22(10-13-29(30)42-15-14-41-25-8-4-6-21(2)16-25)20-34-35-31(37)23-7-5-9-26(18-23)43(38,39)36-28-19-24(32)11-12-27(28)33/h4-13,16-20,36H,3,14-15H2,1-2H3,(H,35,37)/b34-20-. The number of rotatable bonds is 13. The number of sulfonamides is 1. The van der Waals surface area contributed by atoms with Gasteiger partial charge in [0.1, 0.15) is 19.0 Å². The van der Waals surface area contributed by atoms with Crippen molar-refractivity contribution in [1.29, 1.82) is 0 Å². The summed E-state index contributed by atoms with van der Waals surface area (Å²) in [5.74, 6) is 1.22. The molecule has 1 amide bonds. The number of carbonyl (C=O) groups excluding carboxylic acids is 1. The van der Waals surface area contributed by atoms with Crippen molar-refractivity contribution >= 4 is 51.0 Å². The van der Waals surface area contributed by atoms with Gasteiger partial charge in [0.05, 0.1) is 28.4 Å². The minimum absolute atomic E-state index is 0.0869. The Kier molecular flexibility index (Phi) is 10.9. The maximum absolute atomic E-state index is 12.9. The van der Waals surface area contributed by atoms with Crippen molar-refractivity contribution in [2.45, 2.75) is 18.7 Å². The molecule has 0 aliphatic carbocycles. The summed E-state index contributed by atoms with van der Waals surface area (Å²) >= 11 is 12.0. The Balaban J connectivity index is 1.36. The second-order valence-electron chi connectivity index (χ2n) is 9.11. The van der Waals surface area contributed by atoms with Crippen LogP contribution in [0.1, 0.15) is 28.4 Å². The molecular weight excluding hydrogens is 613 g/mol. The molecule has 0 radical (unpaired) electrons. The SMILES string of the molecule is CCOc1cc(/C=N\NC(=O)c2cccc(S(=O)(=O)Nc3cc(Cl)ccc3Cl)c2)ccc1OCCOc1cccc(C)c1. The highest BCUT2D eigenvalue weighted by Gasteiger charge is 2.18. The molecule has 0 saturated heterocycles. The largest absolute Gasteiger partial charge is 0.490 e. The van der Waals surface area contributed by atoms with E-state index in [1.54, 1.807) is 18.2 Å². The lowest BCUT2D eigenvalue weighted by molar-refractivity contribution is 0.0955. The first-order chi connectivity index (χ1) is 20.6. The zero-order valence-corrected chi connectivity index (χ0v) is 25.7. The third kappa shape index (κ3) is 9.12. The van der Waals surface area contributed by atoms with Crippen molar-refractivity contribution in [1.82, 2.24) is 5.43 Å².